The van der Waals surface area contributed by atoms with Gasteiger partial charge in [0, 0.05) is 12.1 Å². The molecule has 2 aliphatic rings. The lowest BCUT2D eigenvalue weighted by Gasteiger charge is -2.22. The van der Waals surface area contributed by atoms with Gasteiger partial charge < -0.3 is 10.2 Å². The smallest absolute Gasteiger partial charge is 0.00964 e. The SMILES string of the molecule is CC(C)CCN(CCCCNC1CC1)C1CC1. The first-order chi connectivity index (χ1) is 8.25. The minimum atomic E-state index is 0.854. The van der Waals surface area contributed by atoms with E-state index in [9.17, 15) is 0 Å². The molecule has 2 saturated carbocycles. The Kier molecular flexibility index (Phi) is 5.30. The molecule has 0 amide bonds. The lowest BCUT2D eigenvalue weighted by atomic mass is 10.1. The Morgan fingerprint density at radius 3 is 2.41 bits per heavy atom. The Morgan fingerprint density at radius 1 is 1.06 bits per heavy atom. The van der Waals surface area contributed by atoms with Crippen molar-refractivity contribution in [3.05, 3.63) is 0 Å². The third-order valence-electron chi connectivity index (χ3n) is 3.94. The minimum absolute atomic E-state index is 0.854. The summed E-state index contributed by atoms with van der Waals surface area (Å²) in [7, 11) is 0. The molecule has 0 radical (unpaired) electrons. The Balaban J connectivity index is 1.50. The molecule has 0 unspecified atom stereocenters. The lowest BCUT2D eigenvalue weighted by Crippen LogP contribution is -2.29. The maximum Gasteiger partial charge on any atom is 0.00964 e. The molecular weight excluding hydrogens is 208 g/mol. The van der Waals surface area contributed by atoms with Crippen molar-refractivity contribution in [2.75, 3.05) is 19.6 Å². The number of hydrogen-bond donors (Lipinski definition) is 1. The summed E-state index contributed by atoms with van der Waals surface area (Å²) in [5.41, 5.74) is 0. The molecule has 0 aromatic heterocycles. The zero-order valence-corrected chi connectivity index (χ0v) is 11.8. The zero-order chi connectivity index (χ0) is 12.1. The summed E-state index contributed by atoms with van der Waals surface area (Å²) in [4.78, 5) is 2.75. The van der Waals surface area contributed by atoms with E-state index in [0.29, 0.717) is 0 Å². The van der Waals surface area contributed by atoms with Crippen molar-refractivity contribution in [2.24, 2.45) is 5.92 Å². The Bertz CT molecular complexity index is 207. The van der Waals surface area contributed by atoms with Crippen LogP contribution in [-0.2, 0) is 0 Å². The van der Waals surface area contributed by atoms with E-state index in [0.717, 1.165) is 18.0 Å². The van der Waals surface area contributed by atoms with E-state index in [-0.39, 0.29) is 0 Å². The van der Waals surface area contributed by atoms with Crippen LogP contribution in [0.4, 0.5) is 0 Å². The molecule has 0 atom stereocenters. The summed E-state index contributed by atoms with van der Waals surface area (Å²) in [6, 6.07) is 1.83. The fraction of sp³-hybridized carbons (Fsp3) is 1.00. The van der Waals surface area contributed by atoms with Gasteiger partial charge in [-0.2, -0.15) is 0 Å². The molecule has 2 fully saturated rings. The number of nitrogens with one attached hydrogen (secondary N) is 1. The van der Waals surface area contributed by atoms with Crippen LogP contribution in [0.15, 0.2) is 0 Å². The molecular formula is C15H30N2. The molecule has 0 spiro atoms. The quantitative estimate of drug-likeness (QED) is 0.589. The highest BCUT2D eigenvalue weighted by molar-refractivity contribution is 4.84. The van der Waals surface area contributed by atoms with Crippen LogP contribution in [0, 0.1) is 5.92 Å². The fourth-order valence-electron chi connectivity index (χ4n) is 2.37. The summed E-state index contributed by atoms with van der Waals surface area (Å²) >= 11 is 0. The molecule has 2 rings (SSSR count). The van der Waals surface area contributed by atoms with Crippen molar-refractivity contribution in [3.63, 3.8) is 0 Å². The second-order valence-corrected chi connectivity index (χ2v) is 6.39. The molecule has 0 heterocycles. The molecule has 17 heavy (non-hydrogen) atoms. The number of rotatable bonds is 10. The van der Waals surface area contributed by atoms with Crippen LogP contribution < -0.4 is 5.32 Å². The molecule has 0 aromatic rings. The van der Waals surface area contributed by atoms with Gasteiger partial charge in [-0.25, -0.2) is 0 Å². The Hall–Kier alpha value is -0.0800. The number of nitrogens with zero attached hydrogens (tertiary/aromatic N) is 1. The second kappa shape index (κ2) is 6.75. The molecule has 0 bridgehead atoms. The third-order valence-corrected chi connectivity index (χ3v) is 3.94. The van der Waals surface area contributed by atoms with Crippen LogP contribution in [-0.4, -0.2) is 36.6 Å². The van der Waals surface area contributed by atoms with Crippen molar-refractivity contribution in [1.82, 2.24) is 10.2 Å². The molecule has 2 nitrogen and oxygen atoms in total. The van der Waals surface area contributed by atoms with E-state index >= 15 is 0 Å². The third kappa shape index (κ3) is 5.87. The second-order valence-electron chi connectivity index (χ2n) is 6.39. The molecule has 2 heteroatoms. The van der Waals surface area contributed by atoms with Gasteiger partial charge in [0.25, 0.3) is 0 Å². The summed E-state index contributed by atoms with van der Waals surface area (Å²) in [6.45, 7) is 8.59. The first kappa shape index (κ1) is 13.4. The van der Waals surface area contributed by atoms with Crippen molar-refractivity contribution in [2.45, 2.75) is 70.9 Å². The monoisotopic (exact) mass is 238 g/mol. The van der Waals surface area contributed by atoms with Crippen molar-refractivity contribution in [1.29, 1.82) is 0 Å². The topological polar surface area (TPSA) is 15.3 Å². The van der Waals surface area contributed by atoms with Gasteiger partial charge in [-0.1, -0.05) is 13.8 Å². The van der Waals surface area contributed by atoms with Crippen LogP contribution in [0.25, 0.3) is 0 Å². The van der Waals surface area contributed by atoms with E-state index in [1.165, 1.54) is 64.6 Å². The highest BCUT2D eigenvalue weighted by atomic mass is 15.2. The Morgan fingerprint density at radius 2 is 1.82 bits per heavy atom. The maximum absolute atomic E-state index is 3.61. The van der Waals surface area contributed by atoms with Gasteiger partial charge in [-0.15, -0.1) is 0 Å². The van der Waals surface area contributed by atoms with Crippen LogP contribution >= 0.6 is 0 Å². The van der Waals surface area contributed by atoms with Gasteiger partial charge in [0.05, 0.1) is 0 Å². The molecule has 0 saturated heterocycles. The van der Waals surface area contributed by atoms with Crippen LogP contribution in [0.2, 0.25) is 0 Å². The number of unbranched alkanes of at least 4 members (excludes halogenated alkanes) is 1. The fourth-order valence-corrected chi connectivity index (χ4v) is 2.37. The zero-order valence-electron chi connectivity index (χ0n) is 11.8. The van der Waals surface area contributed by atoms with E-state index in [1.807, 2.05) is 0 Å². The predicted octanol–water partition coefficient (Wildman–Crippen LogP) is 3.03. The molecule has 2 aliphatic carbocycles. The van der Waals surface area contributed by atoms with E-state index < -0.39 is 0 Å². The van der Waals surface area contributed by atoms with Crippen LogP contribution in [0.1, 0.15) is 58.8 Å². The summed E-state index contributed by atoms with van der Waals surface area (Å²) < 4.78 is 0. The first-order valence-electron chi connectivity index (χ1n) is 7.73. The van der Waals surface area contributed by atoms with Gasteiger partial charge >= 0.3 is 0 Å². The van der Waals surface area contributed by atoms with Gasteiger partial charge in [-0.05, 0) is 70.5 Å². The molecule has 1 N–H and O–H groups in total. The standard InChI is InChI=1S/C15H30N2/c1-13(2)9-12-17(15-7-8-15)11-4-3-10-16-14-5-6-14/h13-16H,3-12H2,1-2H3. The van der Waals surface area contributed by atoms with Crippen molar-refractivity contribution < 1.29 is 0 Å². The lowest BCUT2D eigenvalue weighted by molar-refractivity contribution is 0.242. The van der Waals surface area contributed by atoms with E-state index in [2.05, 4.69) is 24.1 Å². The van der Waals surface area contributed by atoms with E-state index in [1.54, 1.807) is 0 Å². The summed E-state index contributed by atoms with van der Waals surface area (Å²) in [5, 5.41) is 3.61. The van der Waals surface area contributed by atoms with Gasteiger partial charge in [0.15, 0.2) is 0 Å². The molecule has 0 aromatic carbocycles. The van der Waals surface area contributed by atoms with Crippen LogP contribution in [0.3, 0.4) is 0 Å². The summed E-state index contributed by atoms with van der Waals surface area (Å²) in [6.07, 6.45) is 9.87. The van der Waals surface area contributed by atoms with Gasteiger partial charge in [-0.3, -0.25) is 0 Å². The van der Waals surface area contributed by atoms with Gasteiger partial charge in [0.1, 0.15) is 0 Å². The predicted molar refractivity (Wildman–Crippen MR) is 74.3 cm³/mol. The highest BCUT2D eigenvalue weighted by Gasteiger charge is 2.28. The largest absolute Gasteiger partial charge is 0.314 e. The van der Waals surface area contributed by atoms with E-state index in [4.69, 9.17) is 0 Å². The average Bonchev–Trinajstić information content (AvgIpc) is 3.14. The summed E-state index contributed by atoms with van der Waals surface area (Å²) in [5.74, 6) is 0.854. The maximum atomic E-state index is 3.61. The van der Waals surface area contributed by atoms with Crippen LogP contribution in [0.5, 0.6) is 0 Å². The normalized spacial score (nSPS) is 20.5. The average molecular weight is 238 g/mol. The van der Waals surface area contributed by atoms with Crippen molar-refractivity contribution in [3.8, 4) is 0 Å². The highest BCUT2D eigenvalue weighted by Crippen LogP contribution is 2.27. The first-order valence-corrected chi connectivity index (χ1v) is 7.73. The molecule has 0 aliphatic heterocycles. The number of hydrogen-bond acceptors (Lipinski definition) is 2. The Labute approximate surface area is 107 Å². The minimum Gasteiger partial charge on any atom is -0.314 e. The molecule has 100 valence electrons. The van der Waals surface area contributed by atoms with Gasteiger partial charge in [0.2, 0.25) is 0 Å². The van der Waals surface area contributed by atoms with Crippen molar-refractivity contribution >= 4 is 0 Å².